The smallest absolute Gasteiger partial charge is 0.263 e. The van der Waals surface area contributed by atoms with Crippen LogP contribution in [0.1, 0.15) is 31.1 Å². The van der Waals surface area contributed by atoms with E-state index in [9.17, 15) is 14.4 Å². The van der Waals surface area contributed by atoms with Gasteiger partial charge in [0.1, 0.15) is 6.17 Å². The van der Waals surface area contributed by atoms with Gasteiger partial charge >= 0.3 is 0 Å². The summed E-state index contributed by atoms with van der Waals surface area (Å²) in [6.07, 6.45) is 0.456. The van der Waals surface area contributed by atoms with Crippen molar-refractivity contribution in [2.75, 3.05) is 0 Å². The van der Waals surface area contributed by atoms with Gasteiger partial charge in [0, 0.05) is 5.56 Å². The molecule has 0 saturated carbocycles. The van der Waals surface area contributed by atoms with Crippen molar-refractivity contribution in [3.63, 3.8) is 0 Å². The van der Waals surface area contributed by atoms with Crippen LogP contribution < -0.4 is 5.32 Å². The van der Waals surface area contributed by atoms with Crippen molar-refractivity contribution in [1.29, 1.82) is 0 Å². The first-order chi connectivity index (χ1) is 11.1. The highest BCUT2D eigenvalue weighted by Crippen LogP contribution is 2.24. The van der Waals surface area contributed by atoms with Gasteiger partial charge in [0.25, 0.3) is 17.7 Å². The molecule has 23 heavy (non-hydrogen) atoms. The van der Waals surface area contributed by atoms with Crippen molar-refractivity contribution in [2.24, 2.45) is 0 Å². The van der Waals surface area contributed by atoms with E-state index in [0.29, 0.717) is 16.7 Å². The number of amides is 3. The average molecular weight is 306 g/mol. The molecule has 5 nitrogen and oxygen atoms in total. The SMILES string of the molecule is C=CC(NC(=O)c1ccccc1)N1C(=O)c2ccccc2C1=O. The molecule has 0 spiro atoms. The fourth-order valence-corrected chi connectivity index (χ4v) is 2.50. The predicted molar refractivity (Wildman–Crippen MR) is 84.8 cm³/mol. The number of nitrogens with zero attached hydrogens (tertiary/aromatic N) is 1. The van der Waals surface area contributed by atoms with Crippen LogP contribution >= 0.6 is 0 Å². The van der Waals surface area contributed by atoms with Crippen molar-refractivity contribution in [3.05, 3.63) is 83.9 Å². The van der Waals surface area contributed by atoms with Crippen LogP contribution in [0.3, 0.4) is 0 Å². The minimum atomic E-state index is -0.907. The van der Waals surface area contributed by atoms with Crippen LogP contribution in [-0.4, -0.2) is 28.8 Å². The second-order valence-electron chi connectivity index (χ2n) is 5.05. The summed E-state index contributed by atoms with van der Waals surface area (Å²) in [7, 11) is 0. The normalized spacial score (nSPS) is 14.3. The first kappa shape index (κ1) is 14.7. The summed E-state index contributed by atoms with van der Waals surface area (Å²) in [5.41, 5.74) is 1.10. The number of carbonyl (C=O) groups excluding carboxylic acids is 3. The molecule has 3 rings (SSSR count). The number of rotatable bonds is 4. The average Bonchev–Trinajstić information content (AvgIpc) is 2.85. The second kappa shape index (κ2) is 5.88. The quantitative estimate of drug-likeness (QED) is 0.696. The van der Waals surface area contributed by atoms with Crippen molar-refractivity contribution < 1.29 is 14.4 Å². The summed E-state index contributed by atoms with van der Waals surface area (Å²) in [6.45, 7) is 3.62. The lowest BCUT2D eigenvalue weighted by Gasteiger charge is -2.24. The molecule has 1 aliphatic rings. The largest absolute Gasteiger partial charge is 0.328 e. The lowest BCUT2D eigenvalue weighted by Crippen LogP contribution is -2.49. The van der Waals surface area contributed by atoms with Crippen molar-refractivity contribution >= 4 is 17.7 Å². The molecule has 0 aromatic heterocycles. The zero-order chi connectivity index (χ0) is 16.4. The van der Waals surface area contributed by atoms with Crippen LogP contribution in [0.4, 0.5) is 0 Å². The number of nitrogens with one attached hydrogen (secondary N) is 1. The van der Waals surface area contributed by atoms with Crippen molar-refractivity contribution in [2.45, 2.75) is 6.17 Å². The van der Waals surface area contributed by atoms with Crippen LogP contribution in [0.2, 0.25) is 0 Å². The van der Waals surface area contributed by atoms with E-state index < -0.39 is 18.0 Å². The molecule has 0 aliphatic carbocycles. The van der Waals surface area contributed by atoms with Gasteiger partial charge in [-0.2, -0.15) is 0 Å². The maximum absolute atomic E-state index is 12.4. The molecule has 1 atom stereocenters. The fourth-order valence-electron chi connectivity index (χ4n) is 2.50. The second-order valence-corrected chi connectivity index (χ2v) is 5.05. The molecule has 1 heterocycles. The fraction of sp³-hybridized carbons (Fsp3) is 0.0556. The zero-order valence-corrected chi connectivity index (χ0v) is 12.2. The van der Waals surface area contributed by atoms with Gasteiger partial charge in [0.2, 0.25) is 0 Å². The molecule has 0 bridgehead atoms. The van der Waals surface area contributed by atoms with E-state index in [1.54, 1.807) is 54.6 Å². The third-order valence-electron chi connectivity index (χ3n) is 3.64. The molecule has 0 radical (unpaired) electrons. The van der Waals surface area contributed by atoms with E-state index in [1.807, 2.05) is 0 Å². The Bertz CT molecular complexity index is 764. The summed E-state index contributed by atoms with van der Waals surface area (Å²) >= 11 is 0. The first-order valence-electron chi connectivity index (χ1n) is 7.09. The minimum Gasteiger partial charge on any atom is -0.328 e. The highest BCUT2D eigenvalue weighted by molar-refractivity contribution is 6.21. The Balaban J connectivity index is 1.85. The van der Waals surface area contributed by atoms with E-state index in [2.05, 4.69) is 11.9 Å². The summed E-state index contributed by atoms with van der Waals surface area (Å²) < 4.78 is 0. The molecule has 1 N–H and O–H groups in total. The first-order valence-corrected chi connectivity index (χ1v) is 7.09. The lowest BCUT2D eigenvalue weighted by atomic mass is 10.1. The number of imide groups is 1. The van der Waals surface area contributed by atoms with E-state index in [1.165, 1.54) is 6.08 Å². The highest BCUT2D eigenvalue weighted by atomic mass is 16.2. The Morgan fingerprint density at radius 3 is 2.00 bits per heavy atom. The van der Waals surface area contributed by atoms with Gasteiger partial charge in [-0.15, -0.1) is 0 Å². The minimum absolute atomic E-state index is 0.332. The topological polar surface area (TPSA) is 66.5 Å². The van der Waals surface area contributed by atoms with Gasteiger partial charge in [0.15, 0.2) is 0 Å². The van der Waals surface area contributed by atoms with Gasteiger partial charge in [-0.05, 0) is 30.3 Å². The summed E-state index contributed by atoms with van der Waals surface area (Å²) in [5.74, 6) is -1.26. The molecule has 114 valence electrons. The van der Waals surface area contributed by atoms with Crippen molar-refractivity contribution in [3.8, 4) is 0 Å². The van der Waals surface area contributed by atoms with Crippen LogP contribution in [0, 0.1) is 0 Å². The molecule has 2 aromatic carbocycles. The predicted octanol–water partition coefficient (Wildman–Crippen LogP) is 2.22. The molecule has 2 aromatic rings. The van der Waals surface area contributed by atoms with Gasteiger partial charge in [-0.1, -0.05) is 36.9 Å². The Kier molecular flexibility index (Phi) is 3.76. The third-order valence-corrected chi connectivity index (χ3v) is 3.64. The van der Waals surface area contributed by atoms with E-state index >= 15 is 0 Å². The number of benzene rings is 2. The van der Waals surface area contributed by atoms with E-state index in [0.717, 1.165) is 4.90 Å². The van der Waals surface area contributed by atoms with Crippen LogP contribution in [0.5, 0.6) is 0 Å². The van der Waals surface area contributed by atoms with Gasteiger partial charge < -0.3 is 5.32 Å². The van der Waals surface area contributed by atoms with Crippen LogP contribution in [-0.2, 0) is 0 Å². The molecule has 0 fully saturated rings. The Morgan fingerprint density at radius 1 is 0.957 bits per heavy atom. The van der Waals surface area contributed by atoms with E-state index in [-0.39, 0.29) is 5.91 Å². The number of carbonyl (C=O) groups is 3. The molecule has 5 heteroatoms. The van der Waals surface area contributed by atoms with Crippen LogP contribution in [0.25, 0.3) is 0 Å². The maximum atomic E-state index is 12.4. The molecule has 1 aliphatic heterocycles. The monoisotopic (exact) mass is 306 g/mol. The number of fused-ring (bicyclic) bond motifs is 1. The summed E-state index contributed by atoms with van der Waals surface area (Å²) in [4.78, 5) is 38.1. The molecule has 1 unspecified atom stereocenters. The summed E-state index contributed by atoms with van der Waals surface area (Å²) in [5, 5.41) is 2.65. The molecule has 0 saturated heterocycles. The third kappa shape index (κ3) is 2.53. The Hall–Kier alpha value is -3.21. The van der Waals surface area contributed by atoms with E-state index in [4.69, 9.17) is 0 Å². The zero-order valence-electron chi connectivity index (χ0n) is 12.2. The molecular formula is C18H14N2O3. The van der Waals surface area contributed by atoms with Crippen LogP contribution in [0.15, 0.2) is 67.3 Å². The number of hydrogen-bond donors (Lipinski definition) is 1. The van der Waals surface area contributed by atoms with Gasteiger partial charge in [-0.3, -0.25) is 14.4 Å². The maximum Gasteiger partial charge on any atom is 0.263 e. The lowest BCUT2D eigenvalue weighted by molar-refractivity contribution is 0.0583. The highest BCUT2D eigenvalue weighted by Gasteiger charge is 2.39. The standard InChI is InChI=1S/C18H14N2O3/c1-2-15(19-16(21)12-8-4-3-5-9-12)20-17(22)13-10-6-7-11-14(13)18(20)23/h2-11,15H,1H2,(H,19,21). The Morgan fingerprint density at radius 2 is 1.48 bits per heavy atom. The van der Waals surface area contributed by atoms with Gasteiger partial charge in [0.05, 0.1) is 11.1 Å². The van der Waals surface area contributed by atoms with Gasteiger partial charge in [-0.25, -0.2) is 4.90 Å². The summed E-state index contributed by atoms with van der Waals surface area (Å²) in [6, 6.07) is 15.1. The molecule has 3 amide bonds. The number of hydrogen-bond acceptors (Lipinski definition) is 3. The van der Waals surface area contributed by atoms with Crippen molar-refractivity contribution in [1.82, 2.24) is 10.2 Å². The Labute approximate surface area is 133 Å². The molecular weight excluding hydrogens is 292 g/mol.